The zero-order chi connectivity index (χ0) is 13.2. The van der Waals surface area contributed by atoms with E-state index in [2.05, 4.69) is 27.7 Å². The van der Waals surface area contributed by atoms with Gasteiger partial charge in [-0.25, -0.2) is 0 Å². The Hall–Kier alpha value is -1.11. The molecule has 0 bridgehead atoms. The zero-order valence-electron chi connectivity index (χ0n) is 11.9. The van der Waals surface area contributed by atoms with Crippen LogP contribution in [0, 0.1) is 25.7 Å². The van der Waals surface area contributed by atoms with Gasteiger partial charge in [0.15, 0.2) is 5.78 Å². The number of hydrogen-bond donors (Lipinski definition) is 0. The summed E-state index contributed by atoms with van der Waals surface area (Å²) in [6.45, 7) is 12.6. The summed E-state index contributed by atoms with van der Waals surface area (Å²) in [5.74, 6) is 0.969. The highest BCUT2D eigenvalue weighted by atomic mass is 16.1. The molecule has 0 radical (unpaired) electrons. The fraction of sp³-hybridized carbons (Fsp3) is 0.562. The van der Waals surface area contributed by atoms with Crippen molar-refractivity contribution >= 4 is 5.78 Å². The number of benzene rings is 1. The lowest BCUT2D eigenvalue weighted by atomic mass is 9.90. The van der Waals surface area contributed by atoms with Crippen molar-refractivity contribution in [1.82, 2.24) is 0 Å². The summed E-state index contributed by atoms with van der Waals surface area (Å²) in [4.78, 5) is 12.0. The Morgan fingerprint density at radius 2 is 1.53 bits per heavy atom. The van der Waals surface area contributed by atoms with Crippen LogP contribution < -0.4 is 0 Å². The molecule has 0 heterocycles. The van der Waals surface area contributed by atoms with Crippen molar-refractivity contribution in [3.63, 3.8) is 0 Å². The van der Waals surface area contributed by atoms with Crippen molar-refractivity contribution in [2.24, 2.45) is 11.8 Å². The lowest BCUT2D eigenvalue weighted by Crippen LogP contribution is -2.10. The van der Waals surface area contributed by atoms with Gasteiger partial charge in [0.2, 0.25) is 0 Å². The Balaban J connectivity index is 3.13. The normalized spacial score (nSPS) is 11.3. The summed E-state index contributed by atoms with van der Waals surface area (Å²) < 4.78 is 0. The molecule has 0 amide bonds. The van der Waals surface area contributed by atoms with E-state index in [0.29, 0.717) is 5.92 Å². The minimum atomic E-state index is 0.0738. The molecule has 0 spiro atoms. The molecule has 0 N–H and O–H groups in total. The molecule has 94 valence electrons. The van der Waals surface area contributed by atoms with E-state index in [-0.39, 0.29) is 11.7 Å². The second-order valence-electron chi connectivity index (χ2n) is 5.71. The Labute approximate surface area is 105 Å². The molecule has 1 aromatic rings. The van der Waals surface area contributed by atoms with Gasteiger partial charge in [0.05, 0.1) is 0 Å². The number of carbonyl (C=O) groups excluding carboxylic acids is 1. The van der Waals surface area contributed by atoms with Crippen molar-refractivity contribution in [2.45, 2.75) is 48.0 Å². The average molecular weight is 232 g/mol. The van der Waals surface area contributed by atoms with Gasteiger partial charge in [-0.3, -0.25) is 4.79 Å². The van der Waals surface area contributed by atoms with Crippen LogP contribution in [-0.2, 0) is 6.42 Å². The monoisotopic (exact) mass is 232 g/mol. The SMILES string of the molecule is Cc1cc(C(=O)C(C)C)cc(C)c1CC(C)C. The number of carbonyl (C=O) groups is 1. The van der Waals surface area contributed by atoms with Crippen molar-refractivity contribution in [2.75, 3.05) is 0 Å². The first-order valence-corrected chi connectivity index (χ1v) is 6.47. The molecule has 0 aliphatic rings. The first kappa shape index (κ1) is 14.0. The summed E-state index contributed by atoms with van der Waals surface area (Å²) in [7, 11) is 0. The van der Waals surface area contributed by atoms with Crippen LogP contribution in [0.1, 0.15) is 54.7 Å². The van der Waals surface area contributed by atoms with E-state index in [1.807, 2.05) is 26.0 Å². The van der Waals surface area contributed by atoms with E-state index < -0.39 is 0 Å². The van der Waals surface area contributed by atoms with E-state index >= 15 is 0 Å². The summed E-state index contributed by atoms with van der Waals surface area (Å²) >= 11 is 0. The van der Waals surface area contributed by atoms with Crippen molar-refractivity contribution in [3.8, 4) is 0 Å². The first-order chi connectivity index (χ1) is 7.82. The van der Waals surface area contributed by atoms with Crippen LogP contribution in [0.15, 0.2) is 12.1 Å². The summed E-state index contributed by atoms with van der Waals surface area (Å²) in [6.07, 6.45) is 1.09. The van der Waals surface area contributed by atoms with E-state index in [4.69, 9.17) is 0 Å². The molecule has 0 fully saturated rings. The Morgan fingerprint density at radius 3 is 1.88 bits per heavy atom. The number of ketones is 1. The largest absolute Gasteiger partial charge is 0.294 e. The summed E-state index contributed by atoms with van der Waals surface area (Å²) in [5.41, 5.74) is 4.77. The van der Waals surface area contributed by atoms with Gasteiger partial charge in [0.25, 0.3) is 0 Å². The predicted octanol–water partition coefficient (Wildman–Crippen LogP) is 4.34. The molecule has 1 heteroatoms. The van der Waals surface area contributed by atoms with Crippen LogP contribution in [0.5, 0.6) is 0 Å². The first-order valence-electron chi connectivity index (χ1n) is 6.47. The molecule has 0 aliphatic heterocycles. The average Bonchev–Trinajstić information content (AvgIpc) is 2.21. The van der Waals surface area contributed by atoms with Crippen LogP contribution >= 0.6 is 0 Å². The van der Waals surface area contributed by atoms with Gasteiger partial charge in [-0.05, 0) is 55.0 Å². The third-order valence-corrected chi connectivity index (χ3v) is 3.12. The van der Waals surface area contributed by atoms with E-state index in [0.717, 1.165) is 12.0 Å². The predicted molar refractivity (Wildman–Crippen MR) is 73.6 cm³/mol. The maximum absolute atomic E-state index is 12.0. The van der Waals surface area contributed by atoms with Crippen molar-refractivity contribution in [1.29, 1.82) is 0 Å². The lowest BCUT2D eigenvalue weighted by molar-refractivity contribution is 0.0939. The lowest BCUT2D eigenvalue weighted by Gasteiger charge is -2.15. The van der Waals surface area contributed by atoms with Crippen LogP contribution in [0.2, 0.25) is 0 Å². The molecule has 0 unspecified atom stereocenters. The molecule has 0 aromatic heterocycles. The van der Waals surface area contributed by atoms with Gasteiger partial charge in [0, 0.05) is 11.5 Å². The fourth-order valence-corrected chi connectivity index (χ4v) is 2.20. The topological polar surface area (TPSA) is 17.1 Å². The molecule has 1 aromatic carbocycles. The van der Waals surface area contributed by atoms with E-state index in [1.54, 1.807) is 0 Å². The Kier molecular flexibility index (Phi) is 4.50. The van der Waals surface area contributed by atoms with Gasteiger partial charge < -0.3 is 0 Å². The standard InChI is InChI=1S/C16H24O/c1-10(2)7-15-12(5)8-14(9-13(15)6)16(17)11(3)4/h8-11H,7H2,1-6H3. The smallest absolute Gasteiger partial charge is 0.165 e. The minimum absolute atomic E-state index is 0.0738. The second-order valence-corrected chi connectivity index (χ2v) is 5.71. The molecule has 0 aliphatic carbocycles. The molecule has 0 saturated heterocycles. The van der Waals surface area contributed by atoms with E-state index in [1.165, 1.54) is 16.7 Å². The Bertz CT molecular complexity index is 391. The number of hydrogen-bond acceptors (Lipinski definition) is 1. The van der Waals surface area contributed by atoms with Crippen LogP contribution in [-0.4, -0.2) is 5.78 Å². The Morgan fingerprint density at radius 1 is 1.06 bits per heavy atom. The summed E-state index contributed by atoms with van der Waals surface area (Å²) in [5, 5.41) is 0. The quantitative estimate of drug-likeness (QED) is 0.706. The molecule has 1 rings (SSSR count). The maximum atomic E-state index is 12.0. The fourth-order valence-electron chi connectivity index (χ4n) is 2.20. The molecule has 0 atom stereocenters. The van der Waals surface area contributed by atoms with Crippen molar-refractivity contribution in [3.05, 3.63) is 34.4 Å². The number of Topliss-reactive ketones (excluding diaryl/α,β-unsaturated/α-hetero) is 1. The maximum Gasteiger partial charge on any atom is 0.165 e. The van der Waals surface area contributed by atoms with Crippen LogP contribution in [0.25, 0.3) is 0 Å². The zero-order valence-corrected chi connectivity index (χ0v) is 11.9. The minimum Gasteiger partial charge on any atom is -0.294 e. The third-order valence-electron chi connectivity index (χ3n) is 3.12. The summed E-state index contributed by atoms with van der Waals surface area (Å²) in [6, 6.07) is 4.10. The van der Waals surface area contributed by atoms with E-state index in [9.17, 15) is 4.79 Å². The third kappa shape index (κ3) is 3.42. The van der Waals surface area contributed by atoms with Gasteiger partial charge >= 0.3 is 0 Å². The van der Waals surface area contributed by atoms with Crippen molar-refractivity contribution < 1.29 is 4.79 Å². The highest BCUT2D eigenvalue weighted by Gasteiger charge is 2.14. The number of aryl methyl sites for hydroxylation is 2. The van der Waals surface area contributed by atoms with Gasteiger partial charge in [-0.1, -0.05) is 27.7 Å². The highest BCUT2D eigenvalue weighted by Crippen LogP contribution is 2.21. The molecular weight excluding hydrogens is 208 g/mol. The highest BCUT2D eigenvalue weighted by molar-refractivity contribution is 5.97. The molecule has 0 saturated carbocycles. The number of rotatable bonds is 4. The molecule has 1 nitrogen and oxygen atoms in total. The van der Waals surface area contributed by atoms with Gasteiger partial charge in [0.1, 0.15) is 0 Å². The van der Waals surface area contributed by atoms with Gasteiger partial charge in [-0.2, -0.15) is 0 Å². The molecule has 17 heavy (non-hydrogen) atoms. The second kappa shape index (κ2) is 5.48. The van der Waals surface area contributed by atoms with Crippen LogP contribution in [0.3, 0.4) is 0 Å². The van der Waals surface area contributed by atoms with Gasteiger partial charge in [-0.15, -0.1) is 0 Å². The van der Waals surface area contributed by atoms with Crippen LogP contribution in [0.4, 0.5) is 0 Å². The molecular formula is C16H24O.